The first-order chi connectivity index (χ1) is 11.6. The number of rotatable bonds is 5. The zero-order valence-corrected chi connectivity index (χ0v) is 16.0. The third kappa shape index (κ3) is 4.74. The lowest BCUT2D eigenvalue weighted by Gasteiger charge is -2.16. The highest BCUT2D eigenvalue weighted by molar-refractivity contribution is 7.87. The Morgan fingerprint density at radius 3 is 2.28 bits per heavy atom. The third-order valence-corrected chi connectivity index (χ3v) is 5.23. The van der Waals surface area contributed by atoms with Crippen molar-refractivity contribution in [1.82, 2.24) is 0 Å². The molecule has 134 valence electrons. The van der Waals surface area contributed by atoms with Gasteiger partial charge in [0.05, 0.1) is 0 Å². The Hall–Kier alpha value is -2.05. The molecule has 0 aliphatic heterocycles. The highest BCUT2D eigenvalue weighted by Gasteiger charge is 2.20. The molecule has 0 aliphatic carbocycles. The molecule has 1 N–H and O–H groups in total. The van der Waals surface area contributed by atoms with E-state index in [-0.39, 0.29) is 22.5 Å². The molecular formula is C18H20ClNO4S. The molecule has 1 amide bonds. The van der Waals surface area contributed by atoms with Gasteiger partial charge in [-0.15, -0.1) is 0 Å². The van der Waals surface area contributed by atoms with Crippen LogP contribution in [-0.2, 0) is 14.9 Å². The van der Waals surface area contributed by atoms with E-state index in [2.05, 4.69) is 5.32 Å². The number of carbonyl (C=O) groups is 1. The fraction of sp³-hybridized carbons (Fsp3) is 0.278. The van der Waals surface area contributed by atoms with E-state index < -0.39 is 10.1 Å². The van der Waals surface area contributed by atoms with Gasteiger partial charge in [0.15, 0.2) is 0 Å². The molecule has 2 aromatic carbocycles. The molecule has 0 aliphatic rings. The van der Waals surface area contributed by atoms with Crippen LogP contribution < -0.4 is 9.50 Å². The SMILES string of the molecule is CC(=O)Nc1ccc(S(=O)(=O)Oc2cc(C)c(Cl)cc2C(C)C)cc1. The fourth-order valence-electron chi connectivity index (χ4n) is 2.27. The van der Waals surface area contributed by atoms with Gasteiger partial charge in [-0.25, -0.2) is 0 Å². The third-order valence-electron chi connectivity index (χ3n) is 3.58. The van der Waals surface area contributed by atoms with Gasteiger partial charge >= 0.3 is 10.1 Å². The monoisotopic (exact) mass is 381 g/mol. The van der Waals surface area contributed by atoms with Gasteiger partial charge in [-0.1, -0.05) is 25.4 Å². The molecule has 0 heterocycles. The minimum absolute atomic E-state index is 0.00362. The maximum atomic E-state index is 12.6. The summed E-state index contributed by atoms with van der Waals surface area (Å²) in [6.07, 6.45) is 0. The summed E-state index contributed by atoms with van der Waals surface area (Å²) in [5.74, 6) is 0.0818. The number of amides is 1. The summed E-state index contributed by atoms with van der Waals surface area (Å²) in [6.45, 7) is 7.03. The molecule has 5 nitrogen and oxygen atoms in total. The summed E-state index contributed by atoms with van der Waals surface area (Å²) in [4.78, 5) is 11.0. The minimum Gasteiger partial charge on any atom is -0.379 e. The molecule has 0 fully saturated rings. The normalized spacial score (nSPS) is 11.4. The number of aryl methyl sites for hydroxylation is 1. The molecule has 0 spiro atoms. The lowest BCUT2D eigenvalue weighted by Crippen LogP contribution is -2.12. The van der Waals surface area contributed by atoms with Crippen LogP contribution in [0.4, 0.5) is 5.69 Å². The lowest BCUT2D eigenvalue weighted by molar-refractivity contribution is -0.114. The molecule has 0 unspecified atom stereocenters. The van der Waals surface area contributed by atoms with Crippen LogP contribution in [0.25, 0.3) is 0 Å². The topological polar surface area (TPSA) is 72.5 Å². The maximum Gasteiger partial charge on any atom is 0.339 e. The molecule has 25 heavy (non-hydrogen) atoms. The van der Waals surface area contributed by atoms with Gasteiger partial charge in [-0.2, -0.15) is 8.42 Å². The number of halogens is 1. The van der Waals surface area contributed by atoms with Crippen molar-refractivity contribution in [3.63, 3.8) is 0 Å². The molecule has 2 aromatic rings. The molecule has 0 saturated heterocycles. The number of hydrogen-bond acceptors (Lipinski definition) is 4. The van der Waals surface area contributed by atoms with E-state index in [1.807, 2.05) is 13.8 Å². The Labute approximate surface area is 153 Å². The Balaban J connectivity index is 2.36. The average Bonchev–Trinajstić information content (AvgIpc) is 2.50. The largest absolute Gasteiger partial charge is 0.379 e. The summed E-state index contributed by atoms with van der Waals surface area (Å²) in [7, 11) is -4.00. The fourth-order valence-corrected chi connectivity index (χ4v) is 3.39. The quantitative estimate of drug-likeness (QED) is 0.774. The van der Waals surface area contributed by atoms with Crippen LogP contribution in [0.2, 0.25) is 5.02 Å². The lowest BCUT2D eigenvalue weighted by atomic mass is 10.0. The molecule has 0 radical (unpaired) electrons. The van der Waals surface area contributed by atoms with E-state index in [1.54, 1.807) is 19.1 Å². The van der Waals surface area contributed by atoms with Gasteiger partial charge in [-0.3, -0.25) is 4.79 Å². The zero-order valence-electron chi connectivity index (χ0n) is 14.5. The summed E-state index contributed by atoms with van der Waals surface area (Å²) in [5.41, 5.74) is 1.96. The summed E-state index contributed by atoms with van der Waals surface area (Å²) in [6, 6.07) is 9.15. The van der Waals surface area contributed by atoms with Crippen molar-refractivity contribution in [3.8, 4) is 5.75 Å². The first-order valence-corrected chi connectivity index (χ1v) is 9.51. The predicted octanol–water partition coefficient (Wildman–Crippen LogP) is 4.50. The van der Waals surface area contributed by atoms with Gasteiger partial charge in [-0.05, 0) is 60.4 Å². The van der Waals surface area contributed by atoms with Crippen LogP contribution in [0.5, 0.6) is 5.75 Å². The highest BCUT2D eigenvalue weighted by atomic mass is 35.5. The van der Waals surface area contributed by atoms with Crippen LogP contribution >= 0.6 is 11.6 Å². The van der Waals surface area contributed by atoms with E-state index in [1.165, 1.54) is 31.2 Å². The minimum atomic E-state index is -4.00. The Morgan fingerprint density at radius 1 is 1.16 bits per heavy atom. The van der Waals surface area contributed by atoms with Crippen molar-refractivity contribution in [2.24, 2.45) is 0 Å². The van der Waals surface area contributed by atoms with Crippen molar-refractivity contribution >= 4 is 33.3 Å². The smallest absolute Gasteiger partial charge is 0.339 e. The van der Waals surface area contributed by atoms with E-state index in [0.717, 1.165) is 5.56 Å². The number of nitrogens with one attached hydrogen (secondary N) is 1. The van der Waals surface area contributed by atoms with Crippen molar-refractivity contribution in [2.45, 2.75) is 38.5 Å². The first-order valence-electron chi connectivity index (χ1n) is 7.72. The van der Waals surface area contributed by atoms with Crippen molar-refractivity contribution < 1.29 is 17.4 Å². The predicted molar refractivity (Wildman–Crippen MR) is 98.8 cm³/mol. The van der Waals surface area contributed by atoms with Crippen molar-refractivity contribution in [2.75, 3.05) is 5.32 Å². The van der Waals surface area contributed by atoms with Crippen LogP contribution in [0, 0.1) is 6.92 Å². The van der Waals surface area contributed by atoms with Crippen molar-refractivity contribution in [3.05, 3.63) is 52.5 Å². The first kappa shape index (κ1) is 19.3. The Kier molecular flexibility index (Phi) is 5.75. The van der Waals surface area contributed by atoms with Crippen molar-refractivity contribution in [1.29, 1.82) is 0 Å². The summed E-state index contributed by atoms with van der Waals surface area (Å²) >= 11 is 6.14. The van der Waals surface area contributed by atoms with Gasteiger partial charge in [0.25, 0.3) is 0 Å². The molecule has 0 atom stereocenters. The van der Waals surface area contributed by atoms with Crippen LogP contribution in [0.3, 0.4) is 0 Å². The second kappa shape index (κ2) is 7.45. The molecular weight excluding hydrogens is 362 g/mol. The highest BCUT2D eigenvalue weighted by Crippen LogP contribution is 2.33. The van der Waals surface area contributed by atoms with Gasteiger partial charge in [0.2, 0.25) is 5.91 Å². The summed E-state index contributed by atoms with van der Waals surface area (Å²) in [5, 5.41) is 3.14. The molecule has 2 rings (SSSR count). The van der Waals surface area contributed by atoms with E-state index in [0.29, 0.717) is 16.3 Å². The Morgan fingerprint density at radius 2 is 1.76 bits per heavy atom. The molecule has 7 heteroatoms. The van der Waals surface area contributed by atoms with Gasteiger partial charge in [0, 0.05) is 17.6 Å². The molecule has 0 aromatic heterocycles. The number of carbonyl (C=O) groups excluding carboxylic acids is 1. The van der Waals surface area contributed by atoms with E-state index in [9.17, 15) is 13.2 Å². The summed E-state index contributed by atoms with van der Waals surface area (Å²) < 4.78 is 30.5. The second-order valence-electron chi connectivity index (χ2n) is 6.04. The van der Waals surface area contributed by atoms with Crippen LogP contribution in [0.15, 0.2) is 41.3 Å². The standard InChI is InChI=1S/C18H20ClNO4S/c1-11(2)16-10-17(19)12(3)9-18(16)24-25(22,23)15-7-5-14(6-8-15)20-13(4)21/h5-11H,1-4H3,(H,20,21). The second-order valence-corrected chi connectivity index (χ2v) is 7.99. The average molecular weight is 382 g/mol. The van der Waals surface area contributed by atoms with Gasteiger partial charge < -0.3 is 9.50 Å². The van der Waals surface area contributed by atoms with Crippen LogP contribution in [-0.4, -0.2) is 14.3 Å². The number of benzene rings is 2. The maximum absolute atomic E-state index is 12.6. The molecule has 0 saturated carbocycles. The molecule has 0 bridgehead atoms. The number of anilines is 1. The Bertz CT molecular complexity index is 890. The number of hydrogen-bond donors (Lipinski definition) is 1. The van der Waals surface area contributed by atoms with E-state index >= 15 is 0 Å². The van der Waals surface area contributed by atoms with E-state index in [4.69, 9.17) is 15.8 Å². The van der Waals surface area contributed by atoms with Gasteiger partial charge in [0.1, 0.15) is 10.6 Å². The van der Waals surface area contributed by atoms with Crippen LogP contribution in [0.1, 0.15) is 37.8 Å². The zero-order chi connectivity index (χ0) is 18.8.